The summed E-state index contributed by atoms with van der Waals surface area (Å²) in [5, 5.41) is 10.2. The molecule has 0 bridgehead atoms. The van der Waals surface area contributed by atoms with Crippen molar-refractivity contribution in [2.45, 2.75) is 62.7 Å². The Morgan fingerprint density at radius 3 is 2.59 bits per heavy atom. The van der Waals surface area contributed by atoms with Crippen molar-refractivity contribution in [1.29, 1.82) is 0 Å². The summed E-state index contributed by atoms with van der Waals surface area (Å²) in [5.74, 6) is -1.05. The second kappa shape index (κ2) is 11.9. The van der Waals surface area contributed by atoms with Gasteiger partial charge in [0, 0.05) is 42.0 Å². The number of amides is 2. The van der Waals surface area contributed by atoms with Gasteiger partial charge in [0.25, 0.3) is 11.5 Å². The van der Waals surface area contributed by atoms with E-state index < -0.39 is 37.6 Å². The number of hydrogen-bond acceptors (Lipinski definition) is 6. The summed E-state index contributed by atoms with van der Waals surface area (Å²) in [6.07, 6.45) is 2.75. The van der Waals surface area contributed by atoms with Crippen LogP contribution in [0.5, 0.6) is 5.75 Å². The summed E-state index contributed by atoms with van der Waals surface area (Å²) in [5.41, 5.74) is 1.08. The monoisotopic (exact) mass is 645 g/mol. The molecule has 3 aliphatic heterocycles. The highest BCUT2D eigenvalue weighted by Crippen LogP contribution is 2.60. The van der Waals surface area contributed by atoms with Crippen molar-refractivity contribution in [3.63, 3.8) is 0 Å². The van der Waals surface area contributed by atoms with Crippen LogP contribution in [0.3, 0.4) is 0 Å². The van der Waals surface area contributed by atoms with Crippen LogP contribution in [0, 0.1) is 5.92 Å². The van der Waals surface area contributed by atoms with Crippen LogP contribution >= 0.6 is 0 Å². The van der Waals surface area contributed by atoms with Crippen LogP contribution in [-0.4, -0.2) is 67.2 Å². The number of ether oxygens (including phenoxy) is 2. The third kappa shape index (κ3) is 5.01. The second-order valence-electron chi connectivity index (χ2n) is 13.0. The molecule has 1 N–H and O–H groups in total. The summed E-state index contributed by atoms with van der Waals surface area (Å²) in [7, 11) is -2.12. The molecule has 1 fully saturated rings. The number of methoxy groups -OCH3 is 1. The first-order chi connectivity index (χ1) is 22.0. The van der Waals surface area contributed by atoms with Gasteiger partial charge in [-0.25, -0.2) is 0 Å². The lowest BCUT2D eigenvalue weighted by atomic mass is 9.82. The second-order valence-corrected chi connectivity index (χ2v) is 16.8. The lowest BCUT2D eigenvalue weighted by Gasteiger charge is -2.37. The van der Waals surface area contributed by atoms with Gasteiger partial charge in [0.15, 0.2) is 11.4 Å². The molecule has 242 valence electrons. The Morgan fingerprint density at radius 2 is 1.91 bits per heavy atom. The number of hydrogen-bond donors (Lipinski definition) is 1. The Hall–Kier alpha value is -4.06. The molecule has 4 heterocycles. The summed E-state index contributed by atoms with van der Waals surface area (Å²) < 4.78 is 29.9. The maximum absolute atomic E-state index is 16.4. The maximum atomic E-state index is 16.4. The van der Waals surface area contributed by atoms with Crippen molar-refractivity contribution >= 4 is 25.9 Å². The van der Waals surface area contributed by atoms with Crippen LogP contribution in [-0.2, 0) is 32.9 Å². The van der Waals surface area contributed by atoms with Crippen molar-refractivity contribution in [1.82, 2.24) is 9.47 Å². The number of pyridine rings is 1. The lowest BCUT2D eigenvalue weighted by Crippen LogP contribution is -2.48. The molecule has 3 aliphatic rings. The Labute approximate surface area is 269 Å². The van der Waals surface area contributed by atoms with E-state index in [1.165, 1.54) is 11.7 Å². The van der Waals surface area contributed by atoms with Gasteiger partial charge in [-0.2, -0.15) is 0 Å². The van der Waals surface area contributed by atoms with E-state index in [9.17, 15) is 19.5 Å². The number of nitrogens with zero attached hydrogens (tertiary/aromatic N) is 3. The van der Waals surface area contributed by atoms with E-state index >= 15 is 4.11 Å². The predicted molar refractivity (Wildman–Crippen MR) is 175 cm³/mol. The first-order valence-electron chi connectivity index (χ1n) is 15.6. The van der Waals surface area contributed by atoms with Crippen molar-refractivity contribution in [3.05, 3.63) is 100 Å². The van der Waals surface area contributed by atoms with Crippen LogP contribution in [0.2, 0.25) is 18.6 Å². The van der Waals surface area contributed by atoms with Gasteiger partial charge in [0.05, 0.1) is 38.0 Å². The number of fused-ring (bicyclic) bond motifs is 3. The number of aliphatic hydroxyl groups excluding tert-OH is 1. The van der Waals surface area contributed by atoms with E-state index in [0.717, 1.165) is 11.1 Å². The molecular formula is C35H40FN3O6Si. The molecule has 0 saturated carbocycles. The molecule has 6 rings (SSSR count). The molecule has 2 amide bonds. The molecule has 2 aromatic carbocycles. The fraction of sp³-hybridized carbons (Fsp3) is 0.400. The zero-order chi connectivity index (χ0) is 33.0. The maximum Gasteiger partial charge on any atom is 0.297 e. The smallest absolute Gasteiger partial charge is 0.297 e. The molecule has 46 heavy (non-hydrogen) atoms. The van der Waals surface area contributed by atoms with Crippen molar-refractivity contribution in [2.24, 2.45) is 5.92 Å². The molecule has 3 aromatic rings. The van der Waals surface area contributed by atoms with Gasteiger partial charge in [0.2, 0.25) is 14.3 Å². The molecule has 1 spiro atoms. The summed E-state index contributed by atoms with van der Waals surface area (Å²) in [4.78, 5) is 44.9. The van der Waals surface area contributed by atoms with Gasteiger partial charge < -0.3 is 28.5 Å². The fourth-order valence-corrected chi connectivity index (χ4v) is 10.4. The largest absolute Gasteiger partial charge is 0.491 e. The SMILES string of the molecule is C=CCN1C(=O)[C@@]2(O[C@@H](CC(=O)N3Cc4ccccc4C[C@H]3CO)[C@H]([Si](C)(C)F)[C@H]2C)c2cc(-n3cccc(OC)c3=O)ccc21. The highest BCUT2D eigenvalue weighted by atomic mass is 28.4. The Morgan fingerprint density at radius 1 is 1.17 bits per heavy atom. The molecule has 0 radical (unpaired) electrons. The first-order valence-corrected chi connectivity index (χ1v) is 18.6. The van der Waals surface area contributed by atoms with E-state index in [0.29, 0.717) is 29.9 Å². The average molecular weight is 646 g/mol. The number of benzene rings is 2. The average Bonchev–Trinajstić information content (AvgIpc) is 3.46. The predicted octanol–water partition coefficient (Wildman–Crippen LogP) is 4.49. The zero-order valence-corrected chi connectivity index (χ0v) is 27.6. The van der Waals surface area contributed by atoms with E-state index in [1.54, 1.807) is 65.5 Å². The molecular weight excluding hydrogens is 605 g/mol. The van der Waals surface area contributed by atoms with Crippen LogP contribution in [0.4, 0.5) is 9.80 Å². The third-order valence-electron chi connectivity index (χ3n) is 9.93. The molecule has 9 nitrogen and oxygen atoms in total. The lowest BCUT2D eigenvalue weighted by molar-refractivity contribution is -0.150. The molecule has 0 unspecified atom stereocenters. The van der Waals surface area contributed by atoms with Gasteiger partial charge in [-0.1, -0.05) is 37.3 Å². The minimum atomic E-state index is -3.54. The van der Waals surface area contributed by atoms with Gasteiger partial charge in [-0.05, 0) is 61.0 Å². The third-order valence-corrected chi connectivity index (χ3v) is 12.4. The number of carbonyl (C=O) groups is 2. The van der Waals surface area contributed by atoms with Gasteiger partial charge in [-0.3, -0.25) is 19.0 Å². The first kappa shape index (κ1) is 31.9. The van der Waals surface area contributed by atoms with Crippen LogP contribution in [0.1, 0.15) is 30.0 Å². The minimum Gasteiger partial charge on any atom is -0.491 e. The van der Waals surface area contributed by atoms with Crippen LogP contribution < -0.4 is 15.2 Å². The van der Waals surface area contributed by atoms with E-state index in [4.69, 9.17) is 9.47 Å². The van der Waals surface area contributed by atoms with Crippen LogP contribution in [0.15, 0.2) is 78.2 Å². The van der Waals surface area contributed by atoms with Gasteiger partial charge >= 0.3 is 0 Å². The van der Waals surface area contributed by atoms with E-state index in [2.05, 4.69) is 6.58 Å². The van der Waals surface area contributed by atoms with E-state index in [-0.39, 0.29) is 42.7 Å². The summed E-state index contributed by atoms with van der Waals surface area (Å²) in [6.45, 7) is 9.20. The highest BCUT2D eigenvalue weighted by Gasteiger charge is 2.67. The quantitative estimate of drug-likeness (QED) is 0.220. The van der Waals surface area contributed by atoms with Crippen molar-refractivity contribution < 1.29 is 28.3 Å². The number of aromatic nitrogens is 1. The van der Waals surface area contributed by atoms with Crippen LogP contribution in [0.25, 0.3) is 5.69 Å². The number of rotatable bonds is 8. The summed E-state index contributed by atoms with van der Waals surface area (Å²) in [6, 6.07) is 16.0. The number of carbonyl (C=O) groups excluding carboxylic acids is 2. The summed E-state index contributed by atoms with van der Waals surface area (Å²) >= 11 is 0. The van der Waals surface area contributed by atoms with Gasteiger partial charge in [0.1, 0.15) is 0 Å². The Bertz CT molecular complexity index is 1750. The number of halogens is 1. The standard InChI is InChI=1S/C35H40FN3O6Si/c1-6-15-38-28-14-13-25(37-16-9-12-29(44-3)33(37)42)18-27(28)35(34(38)43)22(2)32(46(4,5)36)30(45-35)19-31(41)39-20-24-11-8-7-10-23(24)17-26(39)21-40/h6-14,16,18,22,26,30,32,40H,1,15,17,19-21H2,2-5H3/t22-,26+,30+,32-,35+/m1/s1. The number of aliphatic hydroxyl groups is 1. The Kier molecular flexibility index (Phi) is 8.28. The van der Waals surface area contributed by atoms with Gasteiger partial charge in [-0.15, -0.1) is 6.58 Å². The molecule has 5 atom stereocenters. The highest BCUT2D eigenvalue weighted by molar-refractivity contribution is 6.72. The fourth-order valence-electron chi connectivity index (χ4n) is 7.86. The zero-order valence-electron chi connectivity index (χ0n) is 26.6. The van der Waals surface area contributed by atoms with Crippen molar-refractivity contribution in [3.8, 4) is 11.4 Å². The normalized spacial score (nSPS) is 25.5. The molecule has 0 aliphatic carbocycles. The molecule has 1 aromatic heterocycles. The van der Waals surface area contributed by atoms with Crippen molar-refractivity contribution in [2.75, 3.05) is 25.2 Å². The number of anilines is 1. The molecule has 11 heteroatoms. The minimum absolute atomic E-state index is 0.130. The topological polar surface area (TPSA) is 101 Å². The van der Waals surface area contributed by atoms with E-state index in [1.807, 2.05) is 31.2 Å². The Balaban J connectivity index is 1.42. The molecule has 1 saturated heterocycles.